The van der Waals surface area contributed by atoms with E-state index in [1.165, 1.54) is 7.11 Å². The van der Waals surface area contributed by atoms with Crippen LogP contribution in [0.1, 0.15) is 39.3 Å². The Morgan fingerprint density at radius 3 is 2.25 bits per heavy atom. The monoisotopic (exact) mass is 356 g/mol. The van der Waals surface area contributed by atoms with Crippen molar-refractivity contribution < 1.29 is 18.1 Å². The fraction of sp³-hybridized carbons (Fsp3) is 0.471. The van der Waals surface area contributed by atoms with E-state index in [4.69, 9.17) is 4.74 Å². The molecular formula is C17H22F2N2O2S. The molecule has 1 unspecified atom stereocenters. The minimum absolute atomic E-state index is 0.222. The standard InChI is InChI=1S/C17H22F2N2O2S/c1-10(21(5)24(22)17(2,3)4)13-9-20-16(23-6)12-8-15(19)14(18)7-11(12)13/h7-10H,1-6H3/t10?,24-/m0/s1. The van der Waals surface area contributed by atoms with E-state index in [1.54, 1.807) is 17.5 Å². The average Bonchev–Trinajstić information content (AvgIpc) is 2.52. The molecule has 132 valence electrons. The van der Waals surface area contributed by atoms with Gasteiger partial charge in [0.15, 0.2) is 11.6 Å². The number of ether oxygens (including phenoxy) is 1. The van der Waals surface area contributed by atoms with Crippen molar-refractivity contribution in [1.29, 1.82) is 0 Å². The van der Waals surface area contributed by atoms with Crippen molar-refractivity contribution in [3.05, 3.63) is 35.5 Å². The Kier molecular flexibility index (Phi) is 5.37. The molecule has 0 aliphatic rings. The Labute approximate surface area is 144 Å². The Morgan fingerprint density at radius 1 is 1.21 bits per heavy atom. The molecule has 1 aromatic carbocycles. The van der Waals surface area contributed by atoms with Gasteiger partial charge in [-0.15, -0.1) is 4.31 Å². The van der Waals surface area contributed by atoms with Gasteiger partial charge in [0.05, 0.1) is 13.2 Å². The molecule has 0 saturated carbocycles. The Hall–Kier alpha value is -1.44. The number of aromatic nitrogens is 1. The molecule has 0 aliphatic carbocycles. The third-order valence-corrected chi connectivity index (χ3v) is 5.78. The second-order valence-electron chi connectivity index (χ2n) is 6.62. The van der Waals surface area contributed by atoms with Crippen LogP contribution >= 0.6 is 0 Å². The molecule has 0 saturated heterocycles. The minimum atomic E-state index is -1.27. The molecule has 0 bridgehead atoms. The van der Waals surface area contributed by atoms with Crippen molar-refractivity contribution in [2.75, 3.05) is 14.2 Å². The van der Waals surface area contributed by atoms with Gasteiger partial charge in [-0.3, -0.25) is 0 Å². The number of nitrogens with zero attached hydrogens (tertiary/aromatic N) is 2. The van der Waals surface area contributed by atoms with E-state index in [0.29, 0.717) is 16.3 Å². The van der Waals surface area contributed by atoms with Gasteiger partial charge < -0.3 is 9.29 Å². The van der Waals surface area contributed by atoms with Gasteiger partial charge in [-0.25, -0.2) is 13.8 Å². The Balaban J connectivity index is 2.58. The highest BCUT2D eigenvalue weighted by Gasteiger charge is 2.34. The molecule has 1 aromatic heterocycles. The van der Waals surface area contributed by atoms with Crippen LogP contribution in [0.3, 0.4) is 0 Å². The van der Waals surface area contributed by atoms with Crippen molar-refractivity contribution >= 4 is 22.1 Å². The fourth-order valence-corrected chi connectivity index (χ4v) is 3.76. The van der Waals surface area contributed by atoms with Crippen LogP contribution in [-0.2, 0) is 11.4 Å². The van der Waals surface area contributed by atoms with Crippen molar-refractivity contribution in [1.82, 2.24) is 9.29 Å². The second-order valence-corrected chi connectivity index (χ2v) is 8.92. The van der Waals surface area contributed by atoms with Gasteiger partial charge in [-0.2, -0.15) is 0 Å². The predicted octanol–water partition coefficient (Wildman–Crippen LogP) is 3.98. The summed E-state index contributed by atoms with van der Waals surface area (Å²) in [7, 11) is 3.16. The normalized spacial score (nSPS) is 14.9. The van der Waals surface area contributed by atoms with E-state index >= 15 is 0 Å². The molecule has 0 spiro atoms. The highest BCUT2D eigenvalue weighted by atomic mass is 32.2. The lowest BCUT2D eigenvalue weighted by molar-refractivity contribution is 0.381. The summed E-state index contributed by atoms with van der Waals surface area (Å²) in [4.78, 5) is 4.18. The number of methoxy groups -OCH3 is 1. The maximum atomic E-state index is 13.8. The van der Waals surface area contributed by atoms with Crippen molar-refractivity contribution in [3.63, 3.8) is 0 Å². The first kappa shape index (κ1) is 18.9. The molecule has 0 radical (unpaired) electrons. The summed E-state index contributed by atoms with van der Waals surface area (Å²) in [6.07, 6.45) is 1.56. The zero-order valence-corrected chi connectivity index (χ0v) is 15.5. The molecule has 2 atom stereocenters. The van der Waals surface area contributed by atoms with E-state index in [2.05, 4.69) is 4.98 Å². The molecule has 7 heteroatoms. The first-order valence-electron chi connectivity index (χ1n) is 7.54. The summed E-state index contributed by atoms with van der Waals surface area (Å²) in [5, 5.41) is 0.877. The van der Waals surface area contributed by atoms with E-state index in [1.807, 2.05) is 27.7 Å². The highest BCUT2D eigenvalue weighted by molar-refractivity contribution is 7.90. The van der Waals surface area contributed by atoms with Gasteiger partial charge in [0.25, 0.3) is 0 Å². The Bertz CT molecular complexity index is 749. The highest BCUT2D eigenvalue weighted by Crippen LogP contribution is 2.35. The van der Waals surface area contributed by atoms with Crippen molar-refractivity contribution in [2.45, 2.75) is 38.5 Å². The largest absolute Gasteiger partial charge is 0.597 e. The van der Waals surface area contributed by atoms with Crippen LogP contribution in [0.5, 0.6) is 5.88 Å². The first-order valence-corrected chi connectivity index (χ1v) is 8.65. The molecule has 0 fully saturated rings. The molecule has 2 rings (SSSR count). The number of halogens is 2. The summed E-state index contributed by atoms with van der Waals surface area (Å²) in [6.45, 7) is 7.50. The number of rotatable bonds is 4. The van der Waals surface area contributed by atoms with Crippen molar-refractivity contribution in [2.24, 2.45) is 0 Å². The van der Waals surface area contributed by atoms with Gasteiger partial charge in [0.2, 0.25) is 5.88 Å². The smallest absolute Gasteiger partial charge is 0.221 e. The summed E-state index contributed by atoms with van der Waals surface area (Å²) in [5.74, 6) is -1.68. The topological polar surface area (TPSA) is 48.4 Å². The fourth-order valence-electron chi connectivity index (χ4n) is 2.50. The SMILES string of the molecule is COc1ncc(C(C)N(C)[S@@+]([O-])C(C)(C)C)c2cc(F)c(F)cc12. The lowest BCUT2D eigenvalue weighted by atomic mass is 10.0. The maximum absolute atomic E-state index is 13.8. The van der Waals surface area contributed by atoms with E-state index in [0.717, 1.165) is 12.1 Å². The van der Waals surface area contributed by atoms with E-state index in [9.17, 15) is 13.3 Å². The quantitative estimate of drug-likeness (QED) is 0.778. The van der Waals surface area contributed by atoms with Crippen LogP contribution in [0.25, 0.3) is 10.8 Å². The van der Waals surface area contributed by atoms with Gasteiger partial charge in [-0.1, -0.05) is 0 Å². The second kappa shape index (κ2) is 6.82. The maximum Gasteiger partial charge on any atom is 0.221 e. The Morgan fingerprint density at radius 2 is 1.75 bits per heavy atom. The molecule has 0 N–H and O–H groups in total. The molecule has 2 aromatic rings. The van der Waals surface area contributed by atoms with Gasteiger partial charge in [0.1, 0.15) is 4.75 Å². The zero-order valence-electron chi connectivity index (χ0n) is 14.7. The van der Waals surface area contributed by atoms with E-state index < -0.39 is 27.7 Å². The molecule has 24 heavy (non-hydrogen) atoms. The number of fused-ring (bicyclic) bond motifs is 1. The van der Waals surface area contributed by atoms with Gasteiger partial charge in [-0.05, 0) is 45.2 Å². The minimum Gasteiger partial charge on any atom is -0.597 e. The lowest BCUT2D eigenvalue weighted by Crippen LogP contribution is -2.41. The number of hydrogen-bond donors (Lipinski definition) is 0. The third kappa shape index (κ3) is 3.48. The summed E-state index contributed by atoms with van der Waals surface area (Å²) < 4.78 is 46.4. The van der Waals surface area contributed by atoms with Crippen LogP contribution in [-0.4, -0.2) is 32.7 Å². The molecule has 1 heterocycles. The summed E-state index contributed by atoms with van der Waals surface area (Å²) in [5.41, 5.74) is 0.657. The molecule has 0 aliphatic heterocycles. The molecule has 0 amide bonds. The molecule has 4 nitrogen and oxygen atoms in total. The van der Waals surface area contributed by atoms with Crippen LogP contribution < -0.4 is 4.74 Å². The summed E-state index contributed by atoms with van der Waals surface area (Å²) >= 11 is -1.27. The van der Waals surface area contributed by atoms with Gasteiger partial charge in [0, 0.05) is 35.6 Å². The average molecular weight is 356 g/mol. The third-order valence-electron chi connectivity index (χ3n) is 3.90. The van der Waals surface area contributed by atoms with Crippen LogP contribution in [0.15, 0.2) is 18.3 Å². The summed E-state index contributed by atoms with van der Waals surface area (Å²) in [6, 6.07) is 1.90. The molecular weight excluding hydrogens is 334 g/mol. The van der Waals surface area contributed by atoms with E-state index in [-0.39, 0.29) is 11.9 Å². The van der Waals surface area contributed by atoms with Crippen LogP contribution in [0, 0.1) is 11.6 Å². The van der Waals surface area contributed by atoms with Crippen LogP contribution in [0.2, 0.25) is 0 Å². The number of benzene rings is 1. The van der Waals surface area contributed by atoms with Crippen LogP contribution in [0.4, 0.5) is 8.78 Å². The predicted molar refractivity (Wildman–Crippen MR) is 92.3 cm³/mol. The first-order chi connectivity index (χ1) is 11.1. The van der Waals surface area contributed by atoms with Crippen molar-refractivity contribution in [3.8, 4) is 5.88 Å². The zero-order chi connectivity index (χ0) is 18.2. The lowest BCUT2D eigenvalue weighted by Gasteiger charge is -2.34. The number of pyridine rings is 1. The number of hydrogen-bond acceptors (Lipinski definition) is 4. The van der Waals surface area contributed by atoms with Gasteiger partial charge >= 0.3 is 0 Å².